The zero-order valence-corrected chi connectivity index (χ0v) is 8.21. The summed E-state index contributed by atoms with van der Waals surface area (Å²) in [5, 5.41) is 0. The molecule has 11 heavy (non-hydrogen) atoms. The first kappa shape index (κ1) is 8.96. The Morgan fingerprint density at radius 2 is 2.45 bits per heavy atom. The van der Waals surface area contributed by atoms with Crippen LogP contribution in [0, 0.1) is 0 Å². The molecule has 0 aliphatic heterocycles. The summed E-state index contributed by atoms with van der Waals surface area (Å²) >= 11 is 3.08. The molecule has 0 atom stereocenters. The van der Waals surface area contributed by atoms with Crippen molar-refractivity contribution in [3.8, 4) is 0 Å². The summed E-state index contributed by atoms with van der Waals surface area (Å²) in [7, 11) is 0. The minimum atomic E-state index is 0.0690. The Morgan fingerprint density at radius 1 is 1.73 bits per heavy atom. The van der Waals surface area contributed by atoms with E-state index in [2.05, 4.69) is 23.2 Å². The summed E-state index contributed by atoms with van der Waals surface area (Å²) in [6.07, 6.45) is 1.57. The van der Waals surface area contributed by atoms with Crippen molar-refractivity contribution in [1.29, 1.82) is 0 Å². The second kappa shape index (κ2) is 3.51. The summed E-state index contributed by atoms with van der Waals surface area (Å²) in [5.74, 6) is 0. The first-order chi connectivity index (χ1) is 5.14. The number of hydrogen-bond donors (Lipinski definition) is 1. The topological polar surface area (TPSA) is 51.8 Å². The Kier molecular flexibility index (Phi) is 2.86. The van der Waals surface area contributed by atoms with Crippen molar-refractivity contribution in [3.05, 3.63) is 6.33 Å². The maximum Gasteiger partial charge on any atom is 0.170 e. The molecule has 0 amide bonds. The molecule has 2 N–H and O–H groups in total. The summed E-state index contributed by atoms with van der Waals surface area (Å²) in [4.78, 5) is 4.06. The zero-order chi connectivity index (χ0) is 8.32. The number of nitrogens with zero attached hydrogens (tertiary/aromatic N) is 2. The average Bonchev–Trinajstić information content (AvgIpc) is 2.39. The average molecular weight is 189 g/mol. The summed E-state index contributed by atoms with van der Waals surface area (Å²) in [6, 6.07) is 0. The largest absolute Gasteiger partial charge is 0.329 e. The van der Waals surface area contributed by atoms with Crippen LogP contribution in [0.3, 0.4) is 0 Å². The zero-order valence-electron chi connectivity index (χ0n) is 6.57. The molecule has 0 aliphatic carbocycles. The van der Waals surface area contributed by atoms with Crippen LogP contribution in [0.1, 0.15) is 13.8 Å². The lowest BCUT2D eigenvalue weighted by molar-refractivity contribution is 0.722. The van der Waals surface area contributed by atoms with Gasteiger partial charge in [0.05, 0.1) is 0 Å². The standard InChI is InChI=1S/C6H11N3S2/c1-6(2,3-7)10-5-8-4-9-11-5/h4H,3,7H2,1-2H3. The smallest absolute Gasteiger partial charge is 0.170 e. The van der Waals surface area contributed by atoms with Crippen molar-refractivity contribution in [2.24, 2.45) is 5.73 Å². The highest BCUT2D eigenvalue weighted by Gasteiger charge is 2.18. The lowest BCUT2D eigenvalue weighted by atomic mass is 10.2. The molecule has 0 aliphatic rings. The minimum absolute atomic E-state index is 0.0690. The third kappa shape index (κ3) is 2.76. The van der Waals surface area contributed by atoms with Gasteiger partial charge < -0.3 is 5.73 Å². The van der Waals surface area contributed by atoms with Crippen molar-refractivity contribution in [2.75, 3.05) is 6.54 Å². The monoisotopic (exact) mass is 189 g/mol. The van der Waals surface area contributed by atoms with Crippen molar-refractivity contribution in [1.82, 2.24) is 9.36 Å². The molecule has 5 heteroatoms. The maximum atomic E-state index is 5.56. The fourth-order valence-corrected chi connectivity index (χ4v) is 2.38. The van der Waals surface area contributed by atoms with Crippen molar-refractivity contribution < 1.29 is 0 Å². The molecule has 0 fully saturated rings. The second-order valence-electron chi connectivity index (χ2n) is 2.77. The van der Waals surface area contributed by atoms with E-state index in [1.165, 1.54) is 11.5 Å². The predicted octanol–water partition coefficient (Wildman–Crippen LogP) is 1.37. The van der Waals surface area contributed by atoms with Gasteiger partial charge >= 0.3 is 0 Å². The summed E-state index contributed by atoms with van der Waals surface area (Å²) < 4.78 is 4.97. The van der Waals surface area contributed by atoms with Gasteiger partial charge in [0.2, 0.25) is 0 Å². The van der Waals surface area contributed by atoms with Crippen LogP contribution in [-0.4, -0.2) is 20.6 Å². The van der Waals surface area contributed by atoms with Gasteiger partial charge in [-0.25, -0.2) is 4.98 Å². The third-order valence-electron chi connectivity index (χ3n) is 1.20. The predicted molar refractivity (Wildman–Crippen MR) is 48.9 cm³/mol. The number of aromatic nitrogens is 2. The van der Waals surface area contributed by atoms with Crippen LogP contribution in [0.25, 0.3) is 0 Å². The van der Waals surface area contributed by atoms with Gasteiger partial charge in [-0.05, 0) is 25.4 Å². The van der Waals surface area contributed by atoms with Gasteiger partial charge in [-0.2, -0.15) is 4.37 Å². The van der Waals surface area contributed by atoms with E-state index in [4.69, 9.17) is 5.73 Å². The van der Waals surface area contributed by atoms with E-state index in [0.717, 1.165) is 4.34 Å². The molecule has 0 aromatic carbocycles. The fraction of sp³-hybridized carbons (Fsp3) is 0.667. The van der Waals surface area contributed by atoms with Crippen molar-refractivity contribution in [2.45, 2.75) is 22.9 Å². The number of hydrogen-bond acceptors (Lipinski definition) is 5. The molecule has 0 unspecified atom stereocenters. The van der Waals surface area contributed by atoms with Gasteiger partial charge in [0.1, 0.15) is 6.33 Å². The summed E-state index contributed by atoms with van der Waals surface area (Å²) in [5.41, 5.74) is 5.56. The highest BCUT2D eigenvalue weighted by atomic mass is 32.2. The SMILES string of the molecule is CC(C)(CN)Sc1ncns1. The van der Waals surface area contributed by atoms with E-state index in [1.807, 2.05) is 0 Å². The van der Waals surface area contributed by atoms with Crippen LogP contribution >= 0.6 is 23.3 Å². The second-order valence-corrected chi connectivity index (χ2v) is 5.51. The van der Waals surface area contributed by atoms with Gasteiger partial charge in [0, 0.05) is 11.3 Å². The number of thioether (sulfide) groups is 1. The van der Waals surface area contributed by atoms with Gasteiger partial charge in [-0.1, -0.05) is 11.8 Å². The van der Waals surface area contributed by atoms with E-state index in [1.54, 1.807) is 18.1 Å². The molecule has 0 bridgehead atoms. The Labute approximate surface area is 74.6 Å². The molecule has 1 rings (SSSR count). The Morgan fingerprint density at radius 3 is 2.91 bits per heavy atom. The number of nitrogens with two attached hydrogens (primary N) is 1. The van der Waals surface area contributed by atoms with Crippen LogP contribution in [0.2, 0.25) is 0 Å². The normalized spacial score (nSPS) is 11.9. The number of rotatable bonds is 3. The molecule has 1 heterocycles. The van der Waals surface area contributed by atoms with E-state index in [0.29, 0.717) is 6.54 Å². The molecule has 1 aromatic rings. The summed E-state index contributed by atoms with van der Waals surface area (Å²) in [6.45, 7) is 4.84. The van der Waals surface area contributed by atoms with Gasteiger partial charge in [-0.15, -0.1) is 0 Å². The molecule has 0 saturated carbocycles. The fourth-order valence-electron chi connectivity index (χ4n) is 0.486. The van der Waals surface area contributed by atoms with Gasteiger partial charge in [0.25, 0.3) is 0 Å². The molecular weight excluding hydrogens is 178 g/mol. The molecule has 0 radical (unpaired) electrons. The van der Waals surface area contributed by atoms with E-state index in [-0.39, 0.29) is 4.75 Å². The Bertz CT molecular complexity index is 208. The quantitative estimate of drug-likeness (QED) is 0.730. The maximum absolute atomic E-state index is 5.56. The Balaban J connectivity index is 2.56. The van der Waals surface area contributed by atoms with Crippen LogP contribution in [-0.2, 0) is 0 Å². The lowest BCUT2D eigenvalue weighted by Crippen LogP contribution is -2.26. The Hall–Kier alpha value is -0.130. The van der Waals surface area contributed by atoms with Crippen molar-refractivity contribution in [3.63, 3.8) is 0 Å². The third-order valence-corrected chi connectivity index (χ3v) is 3.13. The highest BCUT2D eigenvalue weighted by molar-refractivity contribution is 8.02. The molecule has 1 aromatic heterocycles. The minimum Gasteiger partial charge on any atom is -0.329 e. The van der Waals surface area contributed by atoms with Crippen LogP contribution < -0.4 is 5.73 Å². The van der Waals surface area contributed by atoms with Crippen molar-refractivity contribution >= 4 is 23.3 Å². The van der Waals surface area contributed by atoms with E-state index >= 15 is 0 Å². The van der Waals surface area contributed by atoms with Crippen LogP contribution in [0.4, 0.5) is 0 Å². The molecule has 0 spiro atoms. The molecule has 3 nitrogen and oxygen atoms in total. The van der Waals surface area contributed by atoms with Crippen LogP contribution in [0.5, 0.6) is 0 Å². The first-order valence-electron chi connectivity index (χ1n) is 3.30. The molecule has 62 valence electrons. The highest BCUT2D eigenvalue weighted by Crippen LogP contribution is 2.31. The first-order valence-corrected chi connectivity index (χ1v) is 4.89. The molecule has 0 saturated heterocycles. The van der Waals surface area contributed by atoms with E-state index < -0.39 is 0 Å². The lowest BCUT2D eigenvalue weighted by Gasteiger charge is -2.18. The van der Waals surface area contributed by atoms with Gasteiger partial charge in [-0.3, -0.25) is 0 Å². The molecular formula is C6H11N3S2. The van der Waals surface area contributed by atoms with E-state index in [9.17, 15) is 0 Å². The van der Waals surface area contributed by atoms with Gasteiger partial charge in [0.15, 0.2) is 4.34 Å². The van der Waals surface area contributed by atoms with Crippen LogP contribution in [0.15, 0.2) is 10.7 Å².